The molecule has 96 valence electrons. The number of allylic oxidation sites excluding steroid dienone is 2. The molecule has 18 heavy (non-hydrogen) atoms. The Labute approximate surface area is 116 Å². The summed E-state index contributed by atoms with van der Waals surface area (Å²) in [6.45, 7) is 4.45. The van der Waals surface area contributed by atoms with Crippen LogP contribution in [0.1, 0.15) is 19.4 Å². The molecule has 1 aromatic carbocycles. The lowest BCUT2D eigenvalue weighted by atomic mass is 10.2. The van der Waals surface area contributed by atoms with Crippen molar-refractivity contribution >= 4 is 22.0 Å². The summed E-state index contributed by atoms with van der Waals surface area (Å²) in [5.74, 6) is -0.475. The van der Waals surface area contributed by atoms with E-state index in [0.717, 1.165) is 4.48 Å². The first-order valence-corrected chi connectivity index (χ1v) is 6.77. The van der Waals surface area contributed by atoms with Crippen molar-refractivity contribution in [3.8, 4) is 0 Å². The predicted octanol–water partition coefficient (Wildman–Crippen LogP) is 4.13. The van der Waals surface area contributed by atoms with Gasteiger partial charge in [0.25, 0.3) is 0 Å². The fourth-order valence-electron chi connectivity index (χ4n) is 1.77. The summed E-state index contributed by atoms with van der Waals surface area (Å²) in [4.78, 5) is 0. The van der Waals surface area contributed by atoms with Crippen molar-refractivity contribution in [1.29, 1.82) is 0 Å². The van der Waals surface area contributed by atoms with Gasteiger partial charge in [-0.1, -0.05) is 52.3 Å². The minimum atomic E-state index is -0.475. The van der Waals surface area contributed by atoms with Crippen LogP contribution in [0.5, 0.6) is 0 Å². The van der Waals surface area contributed by atoms with Gasteiger partial charge in [0, 0.05) is 4.48 Å². The third kappa shape index (κ3) is 4.09. The van der Waals surface area contributed by atoms with Crippen LogP contribution in [0.15, 0.2) is 47.0 Å². The molecule has 0 unspecified atom stereocenters. The smallest absolute Gasteiger partial charge is 0.163 e. The maximum absolute atomic E-state index is 5.71. The van der Waals surface area contributed by atoms with E-state index in [9.17, 15) is 0 Å². The monoisotopic (exact) mass is 308 g/mol. The molecule has 1 saturated heterocycles. The molecule has 0 aliphatic carbocycles. The molecular weight excluding hydrogens is 292 g/mol. The van der Waals surface area contributed by atoms with Crippen molar-refractivity contribution < 1.29 is 9.47 Å². The van der Waals surface area contributed by atoms with Crippen LogP contribution in [-0.2, 0) is 9.47 Å². The molecule has 0 spiro atoms. The average Bonchev–Trinajstić information content (AvgIpc) is 2.67. The fourth-order valence-corrected chi connectivity index (χ4v) is 2.20. The number of halogens is 1. The van der Waals surface area contributed by atoms with Crippen LogP contribution in [0.3, 0.4) is 0 Å². The molecule has 1 aliphatic heterocycles. The quantitative estimate of drug-likeness (QED) is 0.782. The highest BCUT2D eigenvalue weighted by atomic mass is 79.9. The van der Waals surface area contributed by atoms with E-state index in [1.807, 2.05) is 44.2 Å². The molecule has 0 N–H and O–H groups in total. The fraction of sp³-hybridized carbons (Fsp3) is 0.333. The Morgan fingerprint density at radius 2 is 2.06 bits per heavy atom. The number of hydrogen-bond donors (Lipinski definition) is 0. The topological polar surface area (TPSA) is 18.5 Å². The van der Waals surface area contributed by atoms with Gasteiger partial charge in [0.2, 0.25) is 0 Å². The molecule has 0 amide bonds. The summed E-state index contributed by atoms with van der Waals surface area (Å²) >= 11 is 3.52. The van der Waals surface area contributed by atoms with E-state index in [-0.39, 0.29) is 6.10 Å². The summed E-state index contributed by atoms with van der Waals surface area (Å²) in [6, 6.07) is 10.2. The van der Waals surface area contributed by atoms with Gasteiger partial charge in [-0.05, 0) is 31.6 Å². The first-order valence-electron chi connectivity index (χ1n) is 5.97. The van der Waals surface area contributed by atoms with Gasteiger partial charge in [-0.2, -0.15) is 0 Å². The number of ether oxygens (including phenoxy) is 2. The first kappa shape index (κ1) is 13.5. The second kappa shape index (κ2) is 5.83. The molecule has 1 aromatic rings. The van der Waals surface area contributed by atoms with E-state index in [0.29, 0.717) is 6.61 Å². The van der Waals surface area contributed by atoms with E-state index in [4.69, 9.17) is 9.47 Å². The molecule has 2 nitrogen and oxygen atoms in total. The Morgan fingerprint density at radius 3 is 2.67 bits per heavy atom. The largest absolute Gasteiger partial charge is 0.347 e. The Hall–Kier alpha value is -0.900. The Bertz CT molecular complexity index is 449. The molecule has 0 saturated carbocycles. The maximum atomic E-state index is 5.71. The van der Waals surface area contributed by atoms with Gasteiger partial charge < -0.3 is 9.47 Å². The molecule has 1 atom stereocenters. The summed E-state index contributed by atoms with van der Waals surface area (Å²) in [5.41, 5.74) is 1.17. The summed E-state index contributed by atoms with van der Waals surface area (Å²) in [7, 11) is 0. The van der Waals surface area contributed by atoms with Gasteiger partial charge in [-0.15, -0.1) is 0 Å². The Kier molecular flexibility index (Phi) is 4.38. The van der Waals surface area contributed by atoms with E-state index >= 15 is 0 Å². The summed E-state index contributed by atoms with van der Waals surface area (Å²) in [6.07, 6.45) is 6.11. The highest BCUT2D eigenvalue weighted by Crippen LogP contribution is 2.25. The number of hydrogen-bond acceptors (Lipinski definition) is 2. The third-order valence-corrected chi connectivity index (χ3v) is 3.14. The average molecular weight is 309 g/mol. The zero-order chi connectivity index (χ0) is 13.0. The van der Waals surface area contributed by atoms with Crippen molar-refractivity contribution in [3.05, 3.63) is 52.5 Å². The van der Waals surface area contributed by atoms with E-state index in [1.165, 1.54) is 5.56 Å². The summed E-state index contributed by atoms with van der Waals surface area (Å²) in [5, 5.41) is 0. The maximum Gasteiger partial charge on any atom is 0.163 e. The van der Waals surface area contributed by atoms with Crippen LogP contribution < -0.4 is 0 Å². The predicted molar refractivity (Wildman–Crippen MR) is 77.4 cm³/mol. The van der Waals surface area contributed by atoms with E-state index in [2.05, 4.69) is 34.1 Å². The lowest BCUT2D eigenvalue weighted by Crippen LogP contribution is -2.20. The zero-order valence-electron chi connectivity index (χ0n) is 10.6. The molecule has 1 aliphatic rings. The normalized spacial score (nSPS) is 23.7. The van der Waals surface area contributed by atoms with Crippen LogP contribution in [0.4, 0.5) is 0 Å². The highest BCUT2D eigenvalue weighted by Gasteiger charge is 2.31. The summed E-state index contributed by atoms with van der Waals surface area (Å²) < 4.78 is 12.2. The molecule has 1 heterocycles. The van der Waals surface area contributed by atoms with Crippen LogP contribution in [0.2, 0.25) is 0 Å². The second-order valence-corrected chi connectivity index (χ2v) is 5.58. The van der Waals surface area contributed by atoms with E-state index in [1.54, 1.807) is 0 Å². The zero-order valence-corrected chi connectivity index (χ0v) is 12.2. The number of rotatable bonds is 3. The van der Waals surface area contributed by atoms with Gasteiger partial charge in [0.15, 0.2) is 5.79 Å². The third-order valence-electron chi connectivity index (χ3n) is 2.61. The molecule has 0 radical (unpaired) electrons. The first-order chi connectivity index (χ1) is 8.55. The van der Waals surface area contributed by atoms with Crippen LogP contribution in [-0.4, -0.2) is 18.5 Å². The van der Waals surface area contributed by atoms with Gasteiger partial charge in [-0.3, -0.25) is 0 Å². The van der Waals surface area contributed by atoms with Gasteiger partial charge in [0.1, 0.15) is 6.10 Å². The van der Waals surface area contributed by atoms with Gasteiger partial charge >= 0.3 is 0 Å². The van der Waals surface area contributed by atoms with Crippen molar-refractivity contribution in [1.82, 2.24) is 0 Å². The molecule has 0 aromatic heterocycles. The van der Waals surface area contributed by atoms with Gasteiger partial charge in [0.05, 0.1) is 6.61 Å². The Morgan fingerprint density at radius 1 is 1.33 bits per heavy atom. The standard InChI is InChI=1S/C15H17BrO2/c1-15(2)17-11-14(18-15)10-13(16)9-8-12-6-4-3-5-7-12/h3-10,14H,11H2,1-2H3/b9-8+,13-10+/t14-/m0/s1. The highest BCUT2D eigenvalue weighted by molar-refractivity contribution is 9.11. The van der Waals surface area contributed by atoms with Crippen molar-refractivity contribution in [2.75, 3.05) is 6.61 Å². The van der Waals surface area contributed by atoms with Crippen LogP contribution in [0, 0.1) is 0 Å². The number of benzene rings is 1. The molecule has 3 heteroatoms. The second-order valence-electron chi connectivity index (χ2n) is 4.66. The molecular formula is C15H17BrO2. The molecule has 2 rings (SSSR count). The lowest BCUT2D eigenvalue weighted by molar-refractivity contribution is -0.133. The van der Waals surface area contributed by atoms with Crippen molar-refractivity contribution in [3.63, 3.8) is 0 Å². The SMILES string of the molecule is CC1(C)OC[C@H](/C=C(Br)\C=C\c2ccccc2)O1. The van der Waals surface area contributed by atoms with Crippen molar-refractivity contribution in [2.45, 2.75) is 25.7 Å². The van der Waals surface area contributed by atoms with Crippen molar-refractivity contribution in [2.24, 2.45) is 0 Å². The lowest BCUT2D eigenvalue weighted by Gasteiger charge is -2.15. The van der Waals surface area contributed by atoms with Gasteiger partial charge in [-0.25, -0.2) is 0 Å². The minimum Gasteiger partial charge on any atom is -0.347 e. The van der Waals surface area contributed by atoms with Crippen LogP contribution >= 0.6 is 15.9 Å². The molecule has 0 bridgehead atoms. The minimum absolute atomic E-state index is 0.00907. The van der Waals surface area contributed by atoms with E-state index < -0.39 is 5.79 Å². The van der Waals surface area contributed by atoms with Crippen LogP contribution in [0.25, 0.3) is 6.08 Å². The molecule has 1 fully saturated rings. The Balaban J connectivity index is 1.96.